The Morgan fingerprint density at radius 3 is 2.69 bits per heavy atom. The lowest BCUT2D eigenvalue weighted by Gasteiger charge is -2.46. The van der Waals surface area contributed by atoms with E-state index in [1.54, 1.807) is 0 Å². The van der Waals surface area contributed by atoms with Crippen molar-refractivity contribution < 1.29 is 0 Å². The highest BCUT2D eigenvalue weighted by atomic mass is 15.2. The molecule has 0 atom stereocenters. The fourth-order valence-electron chi connectivity index (χ4n) is 2.88. The molecule has 0 bridgehead atoms. The first-order valence-electron chi connectivity index (χ1n) is 5.82. The maximum absolute atomic E-state index is 3.76. The van der Waals surface area contributed by atoms with Gasteiger partial charge >= 0.3 is 0 Å². The minimum Gasteiger partial charge on any atom is -0.309 e. The number of hydrogen-bond donors (Lipinski definition) is 1. The third kappa shape index (κ3) is 2.05. The highest BCUT2D eigenvalue weighted by molar-refractivity contribution is 4.96. The van der Waals surface area contributed by atoms with Crippen LogP contribution in [0.1, 0.15) is 39.0 Å². The van der Waals surface area contributed by atoms with E-state index in [-0.39, 0.29) is 0 Å². The normalized spacial score (nSPS) is 29.3. The standard InChI is InChI=1S/C11H22N2/c1-2-13-9-8-12-11(10-13)6-4-3-5-7-11/h12H,2-10H2,1H3. The molecule has 13 heavy (non-hydrogen) atoms. The van der Waals surface area contributed by atoms with Gasteiger partial charge in [0.2, 0.25) is 0 Å². The van der Waals surface area contributed by atoms with Crippen LogP contribution in [0, 0.1) is 0 Å². The Morgan fingerprint density at radius 1 is 1.23 bits per heavy atom. The lowest BCUT2D eigenvalue weighted by Crippen LogP contribution is -2.60. The van der Waals surface area contributed by atoms with Crippen molar-refractivity contribution in [3.8, 4) is 0 Å². The van der Waals surface area contributed by atoms with Gasteiger partial charge in [-0.25, -0.2) is 0 Å². The molecule has 2 rings (SSSR count). The number of hydrogen-bond acceptors (Lipinski definition) is 2. The summed E-state index contributed by atoms with van der Waals surface area (Å²) in [4.78, 5) is 2.60. The molecule has 1 N–H and O–H groups in total. The van der Waals surface area contributed by atoms with E-state index in [4.69, 9.17) is 0 Å². The van der Waals surface area contributed by atoms with Crippen LogP contribution < -0.4 is 5.32 Å². The zero-order valence-corrected chi connectivity index (χ0v) is 8.81. The van der Waals surface area contributed by atoms with Crippen LogP contribution in [-0.4, -0.2) is 36.6 Å². The maximum atomic E-state index is 3.76. The fourth-order valence-corrected chi connectivity index (χ4v) is 2.88. The lowest BCUT2D eigenvalue weighted by atomic mass is 9.80. The summed E-state index contributed by atoms with van der Waals surface area (Å²) >= 11 is 0. The van der Waals surface area contributed by atoms with E-state index in [1.165, 1.54) is 58.3 Å². The molecule has 1 saturated heterocycles. The Morgan fingerprint density at radius 2 is 2.00 bits per heavy atom. The molecule has 1 aliphatic heterocycles. The van der Waals surface area contributed by atoms with Crippen molar-refractivity contribution in [1.82, 2.24) is 10.2 Å². The second-order valence-electron chi connectivity index (χ2n) is 4.64. The van der Waals surface area contributed by atoms with Gasteiger partial charge in [-0.05, 0) is 19.4 Å². The summed E-state index contributed by atoms with van der Waals surface area (Å²) in [5.41, 5.74) is 0.506. The molecule has 2 fully saturated rings. The predicted molar refractivity (Wildman–Crippen MR) is 55.9 cm³/mol. The quantitative estimate of drug-likeness (QED) is 0.663. The first kappa shape index (κ1) is 9.47. The van der Waals surface area contributed by atoms with Gasteiger partial charge in [0.25, 0.3) is 0 Å². The van der Waals surface area contributed by atoms with E-state index in [1.807, 2.05) is 0 Å². The lowest BCUT2D eigenvalue weighted by molar-refractivity contribution is 0.104. The predicted octanol–water partition coefficient (Wildman–Crippen LogP) is 1.61. The van der Waals surface area contributed by atoms with Crippen LogP contribution in [-0.2, 0) is 0 Å². The summed E-state index contributed by atoms with van der Waals surface area (Å²) in [5.74, 6) is 0. The van der Waals surface area contributed by atoms with Gasteiger partial charge in [0, 0.05) is 25.2 Å². The molecular weight excluding hydrogens is 160 g/mol. The third-order valence-electron chi connectivity index (χ3n) is 3.71. The Kier molecular flexibility index (Phi) is 2.89. The van der Waals surface area contributed by atoms with Crippen molar-refractivity contribution in [2.45, 2.75) is 44.6 Å². The second-order valence-corrected chi connectivity index (χ2v) is 4.64. The molecule has 1 heterocycles. The van der Waals surface area contributed by atoms with E-state index in [0.717, 1.165) is 0 Å². The monoisotopic (exact) mass is 182 g/mol. The molecule has 0 amide bonds. The van der Waals surface area contributed by atoms with E-state index in [2.05, 4.69) is 17.1 Å². The number of nitrogens with zero attached hydrogens (tertiary/aromatic N) is 1. The summed E-state index contributed by atoms with van der Waals surface area (Å²) in [5, 5.41) is 3.76. The largest absolute Gasteiger partial charge is 0.309 e. The molecule has 2 nitrogen and oxygen atoms in total. The minimum atomic E-state index is 0.506. The molecule has 76 valence electrons. The highest BCUT2D eigenvalue weighted by Crippen LogP contribution is 2.30. The maximum Gasteiger partial charge on any atom is 0.0309 e. The van der Waals surface area contributed by atoms with Crippen molar-refractivity contribution >= 4 is 0 Å². The van der Waals surface area contributed by atoms with Crippen molar-refractivity contribution in [1.29, 1.82) is 0 Å². The van der Waals surface area contributed by atoms with Crippen molar-refractivity contribution in [2.75, 3.05) is 26.2 Å². The zero-order valence-electron chi connectivity index (χ0n) is 8.81. The Balaban J connectivity index is 1.95. The first-order chi connectivity index (χ1) is 6.35. The molecule has 0 radical (unpaired) electrons. The van der Waals surface area contributed by atoms with Crippen LogP contribution in [0.4, 0.5) is 0 Å². The SMILES string of the molecule is CCN1CCNC2(CCCCC2)C1. The molecule has 0 unspecified atom stereocenters. The molecule has 0 aromatic rings. The topological polar surface area (TPSA) is 15.3 Å². The molecule has 1 saturated carbocycles. The zero-order chi connectivity index (χ0) is 9.15. The van der Waals surface area contributed by atoms with Crippen LogP contribution in [0.2, 0.25) is 0 Å². The summed E-state index contributed by atoms with van der Waals surface area (Å²) in [7, 11) is 0. The molecule has 1 aliphatic carbocycles. The number of rotatable bonds is 1. The Hall–Kier alpha value is -0.0800. The second kappa shape index (κ2) is 3.97. The van der Waals surface area contributed by atoms with Gasteiger partial charge < -0.3 is 10.2 Å². The van der Waals surface area contributed by atoms with Gasteiger partial charge in [-0.3, -0.25) is 0 Å². The van der Waals surface area contributed by atoms with Crippen LogP contribution >= 0.6 is 0 Å². The number of piperazine rings is 1. The van der Waals surface area contributed by atoms with Crippen LogP contribution in [0.25, 0.3) is 0 Å². The number of likely N-dealkylation sites (N-methyl/N-ethyl adjacent to an activating group) is 1. The van der Waals surface area contributed by atoms with Crippen LogP contribution in [0.15, 0.2) is 0 Å². The molecule has 2 aliphatic rings. The fraction of sp³-hybridized carbons (Fsp3) is 1.00. The highest BCUT2D eigenvalue weighted by Gasteiger charge is 2.35. The third-order valence-corrected chi connectivity index (χ3v) is 3.71. The molecule has 2 heteroatoms. The summed E-state index contributed by atoms with van der Waals surface area (Å²) < 4.78 is 0. The smallest absolute Gasteiger partial charge is 0.0309 e. The van der Waals surface area contributed by atoms with E-state index < -0.39 is 0 Å². The van der Waals surface area contributed by atoms with Gasteiger partial charge in [-0.1, -0.05) is 26.2 Å². The summed E-state index contributed by atoms with van der Waals surface area (Å²) in [6.07, 6.45) is 7.14. The first-order valence-corrected chi connectivity index (χ1v) is 5.82. The van der Waals surface area contributed by atoms with Crippen LogP contribution in [0.5, 0.6) is 0 Å². The Bertz CT molecular complexity index is 156. The molecule has 0 aromatic carbocycles. The van der Waals surface area contributed by atoms with Crippen LogP contribution in [0.3, 0.4) is 0 Å². The minimum absolute atomic E-state index is 0.506. The summed E-state index contributed by atoms with van der Waals surface area (Å²) in [6, 6.07) is 0. The van der Waals surface area contributed by atoms with E-state index in [0.29, 0.717) is 5.54 Å². The van der Waals surface area contributed by atoms with Gasteiger partial charge in [-0.2, -0.15) is 0 Å². The van der Waals surface area contributed by atoms with Gasteiger partial charge in [0.15, 0.2) is 0 Å². The van der Waals surface area contributed by atoms with Gasteiger partial charge in [-0.15, -0.1) is 0 Å². The van der Waals surface area contributed by atoms with Crippen molar-refractivity contribution in [3.05, 3.63) is 0 Å². The van der Waals surface area contributed by atoms with E-state index in [9.17, 15) is 0 Å². The van der Waals surface area contributed by atoms with Crippen molar-refractivity contribution in [3.63, 3.8) is 0 Å². The van der Waals surface area contributed by atoms with E-state index >= 15 is 0 Å². The average Bonchev–Trinajstić information content (AvgIpc) is 2.19. The van der Waals surface area contributed by atoms with Gasteiger partial charge in [0.1, 0.15) is 0 Å². The number of nitrogens with one attached hydrogen (secondary N) is 1. The van der Waals surface area contributed by atoms with Gasteiger partial charge in [0.05, 0.1) is 0 Å². The molecule has 0 aromatic heterocycles. The summed E-state index contributed by atoms with van der Waals surface area (Å²) in [6.45, 7) is 7.25. The molecular formula is C11H22N2. The average molecular weight is 182 g/mol. The Labute approximate surface area is 81.7 Å². The molecule has 1 spiro atoms. The van der Waals surface area contributed by atoms with Crippen molar-refractivity contribution in [2.24, 2.45) is 0 Å².